The smallest absolute Gasteiger partial charge is 0.214 e. The molecule has 1 rings (SSSR count). The van der Waals surface area contributed by atoms with Gasteiger partial charge in [-0.05, 0) is 37.6 Å². The van der Waals surface area contributed by atoms with E-state index in [1.807, 2.05) is 13.8 Å². The van der Waals surface area contributed by atoms with Crippen LogP contribution in [0.25, 0.3) is 0 Å². The van der Waals surface area contributed by atoms with Crippen molar-refractivity contribution < 1.29 is 13.2 Å². The first-order valence-electron chi connectivity index (χ1n) is 6.76. The molecule has 0 aromatic rings. The van der Waals surface area contributed by atoms with Gasteiger partial charge >= 0.3 is 0 Å². The minimum Gasteiger partial charge on any atom is -0.377 e. The molecule has 0 aromatic heterocycles. The number of hydrogen-bond acceptors (Lipinski definition) is 4. The molecule has 0 radical (unpaired) electrons. The van der Waals surface area contributed by atoms with Gasteiger partial charge in [0.25, 0.3) is 0 Å². The number of nitrogens with one attached hydrogen (secondary N) is 1. The topological polar surface area (TPSA) is 81.4 Å². The second-order valence-corrected chi connectivity index (χ2v) is 7.00. The van der Waals surface area contributed by atoms with Gasteiger partial charge in [0, 0.05) is 13.2 Å². The largest absolute Gasteiger partial charge is 0.377 e. The van der Waals surface area contributed by atoms with Crippen molar-refractivity contribution in [3.8, 4) is 0 Å². The molecule has 5 nitrogen and oxygen atoms in total. The van der Waals surface area contributed by atoms with Crippen molar-refractivity contribution in [2.75, 3.05) is 25.4 Å². The zero-order valence-corrected chi connectivity index (χ0v) is 12.3. The van der Waals surface area contributed by atoms with E-state index >= 15 is 0 Å². The van der Waals surface area contributed by atoms with Crippen molar-refractivity contribution in [2.24, 2.45) is 11.1 Å². The van der Waals surface area contributed by atoms with Gasteiger partial charge in [-0.25, -0.2) is 13.1 Å². The van der Waals surface area contributed by atoms with E-state index < -0.39 is 10.0 Å². The Balaban J connectivity index is 2.49. The van der Waals surface area contributed by atoms with Gasteiger partial charge in [-0.3, -0.25) is 0 Å². The molecule has 0 amide bonds. The van der Waals surface area contributed by atoms with Crippen LogP contribution in [0.3, 0.4) is 0 Å². The molecule has 108 valence electrons. The molecule has 1 saturated heterocycles. The summed E-state index contributed by atoms with van der Waals surface area (Å²) in [6.07, 6.45) is 3.41. The summed E-state index contributed by atoms with van der Waals surface area (Å²) in [7, 11) is -3.26. The van der Waals surface area contributed by atoms with Crippen LogP contribution < -0.4 is 10.5 Å². The number of ether oxygens (including phenoxy) is 1. The molecular weight excluding hydrogens is 252 g/mol. The van der Waals surface area contributed by atoms with Gasteiger partial charge in [-0.1, -0.05) is 13.8 Å². The fourth-order valence-corrected chi connectivity index (χ4v) is 3.60. The highest BCUT2D eigenvalue weighted by Gasteiger charge is 2.28. The van der Waals surface area contributed by atoms with Gasteiger partial charge in [0.05, 0.1) is 11.9 Å². The lowest BCUT2D eigenvalue weighted by Gasteiger charge is -2.30. The minimum absolute atomic E-state index is 0.0705. The average molecular weight is 278 g/mol. The SMILES string of the molecule is CCC(CC)(CN)CNS(=O)(=O)CC1CCCO1. The quantitative estimate of drug-likeness (QED) is 0.689. The van der Waals surface area contributed by atoms with Crippen molar-refractivity contribution in [3.63, 3.8) is 0 Å². The molecule has 1 atom stereocenters. The maximum absolute atomic E-state index is 11.9. The molecule has 3 N–H and O–H groups in total. The molecule has 0 bridgehead atoms. The van der Waals surface area contributed by atoms with Crippen LogP contribution in [0.5, 0.6) is 0 Å². The summed E-state index contributed by atoms with van der Waals surface area (Å²) in [5.74, 6) is 0.0705. The van der Waals surface area contributed by atoms with Crippen LogP contribution in [-0.2, 0) is 14.8 Å². The summed E-state index contributed by atoms with van der Waals surface area (Å²) >= 11 is 0. The first-order valence-corrected chi connectivity index (χ1v) is 8.41. The Labute approximate surface area is 111 Å². The van der Waals surface area contributed by atoms with Gasteiger partial charge in [-0.2, -0.15) is 0 Å². The maximum atomic E-state index is 11.9. The summed E-state index contributed by atoms with van der Waals surface area (Å²) < 4.78 is 31.9. The molecule has 1 aliphatic heterocycles. The third-order valence-electron chi connectivity index (χ3n) is 4.03. The van der Waals surface area contributed by atoms with E-state index in [2.05, 4.69) is 4.72 Å². The Hall–Kier alpha value is -0.170. The zero-order chi connectivity index (χ0) is 13.6. The predicted molar refractivity (Wildman–Crippen MR) is 72.8 cm³/mol. The lowest BCUT2D eigenvalue weighted by atomic mass is 9.83. The molecule has 6 heteroatoms. The van der Waals surface area contributed by atoms with E-state index in [1.54, 1.807) is 0 Å². The monoisotopic (exact) mass is 278 g/mol. The fourth-order valence-electron chi connectivity index (χ4n) is 2.20. The Bertz CT molecular complexity index is 325. The summed E-state index contributed by atoms with van der Waals surface area (Å²) in [6.45, 7) is 5.69. The van der Waals surface area contributed by atoms with Crippen LogP contribution in [0.1, 0.15) is 39.5 Å². The van der Waals surface area contributed by atoms with Crippen LogP contribution in [0.15, 0.2) is 0 Å². The molecule has 1 heterocycles. The van der Waals surface area contributed by atoms with Gasteiger partial charge in [0.2, 0.25) is 10.0 Å². The van der Waals surface area contributed by atoms with Crippen LogP contribution >= 0.6 is 0 Å². The van der Waals surface area contributed by atoms with E-state index in [1.165, 1.54) is 0 Å². The van der Waals surface area contributed by atoms with Crippen molar-refractivity contribution in [1.82, 2.24) is 4.72 Å². The average Bonchev–Trinajstić information content (AvgIpc) is 2.83. The Morgan fingerprint density at radius 2 is 2.06 bits per heavy atom. The first kappa shape index (κ1) is 15.9. The normalized spacial score (nSPS) is 21.4. The summed E-state index contributed by atoms with van der Waals surface area (Å²) in [5.41, 5.74) is 5.64. The highest BCUT2D eigenvalue weighted by atomic mass is 32.2. The van der Waals surface area contributed by atoms with Crippen LogP contribution in [-0.4, -0.2) is 40.0 Å². The summed E-state index contributed by atoms with van der Waals surface area (Å²) in [4.78, 5) is 0. The molecule has 0 aromatic carbocycles. The van der Waals surface area contributed by atoms with E-state index in [-0.39, 0.29) is 17.3 Å². The van der Waals surface area contributed by atoms with Crippen molar-refractivity contribution in [1.29, 1.82) is 0 Å². The Morgan fingerprint density at radius 1 is 1.39 bits per heavy atom. The Kier molecular flexibility index (Phi) is 6.04. The van der Waals surface area contributed by atoms with Gasteiger partial charge in [0.1, 0.15) is 0 Å². The van der Waals surface area contributed by atoms with E-state index in [4.69, 9.17) is 10.5 Å². The molecule has 1 fully saturated rings. The van der Waals surface area contributed by atoms with Crippen LogP contribution in [0.4, 0.5) is 0 Å². The standard InChI is InChI=1S/C12H26N2O3S/c1-3-12(4-2,9-13)10-14-18(15,16)8-11-6-5-7-17-11/h11,14H,3-10,13H2,1-2H3. The predicted octanol–water partition coefficient (Wildman–Crippen LogP) is 0.850. The lowest BCUT2D eigenvalue weighted by molar-refractivity contribution is 0.127. The fraction of sp³-hybridized carbons (Fsp3) is 1.00. The maximum Gasteiger partial charge on any atom is 0.214 e. The van der Waals surface area contributed by atoms with Crippen LogP contribution in [0, 0.1) is 5.41 Å². The van der Waals surface area contributed by atoms with E-state index in [9.17, 15) is 8.42 Å². The molecule has 0 saturated carbocycles. The molecule has 1 aliphatic rings. The molecule has 0 spiro atoms. The van der Waals surface area contributed by atoms with Gasteiger partial charge < -0.3 is 10.5 Å². The number of sulfonamides is 1. The van der Waals surface area contributed by atoms with Gasteiger partial charge in [0.15, 0.2) is 0 Å². The van der Waals surface area contributed by atoms with E-state index in [0.717, 1.165) is 25.7 Å². The van der Waals surface area contributed by atoms with Crippen molar-refractivity contribution >= 4 is 10.0 Å². The number of nitrogens with two attached hydrogens (primary N) is 1. The van der Waals surface area contributed by atoms with E-state index in [0.29, 0.717) is 19.7 Å². The van der Waals surface area contributed by atoms with Crippen molar-refractivity contribution in [3.05, 3.63) is 0 Å². The molecule has 18 heavy (non-hydrogen) atoms. The second kappa shape index (κ2) is 6.84. The molecular formula is C12H26N2O3S. The van der Waals surface area contributed by atoms with Gasteiger partial charge in [-0.15, -0.1) is 0 Å². The van der Waals surface area contributed by atoms with Crippen molar-refractivity contribution in [2.45, 2.75) is 45.6 Å². The minimum atomic E-state index is -3.26. The Morgan fingerprint density at radius 3 is 2.50 bits per heavy atom. The third kappa shape index (κ3) is 4.50. The number of rotatable bonds is 8. The molecule has 1 unspecified atom stereocenters. The first-order chi connectivity index (χ1) is 8.47. The molecule has 0 aliphatic carbocycles. The summed E-state index contributed by atoms with van der Waals surface area (Å²) in [5, 5.41) is 0. The highest BCUT2D eigenvalue weighted by Crippen LogP contribution is 2.24. The number of hydrogen-bond donors (Lipinski definition) is 2. The zero-order valence-electron chi connectivity index (χ0n) is 11.4. The van der Waals surface area contributed by atoms with Crippen LogP contribution in [0.2, 0.25) is 0 Å². The second-order valence-electron chi connectivity index (χ2n) is 5.15. The lowest BCUT2D eigenvalue weighted by Crippen LogP contribution is -2.43. The third-order valence-corrected chi connectivity index (χ3v) is 5.42. The summed E-state index contributed by atoms with van der Waals surface area (Å²) in [6, 6.07) is 0. The highest BCUT2D eigenvalue weighted by molar-refractivity contribution is 7.89.